The number of unbranched alkanes of at least 4 members (excludes halogenated alkanes) is 1. The van der Waals surface area contributed by atoms with Crippen molar-refractivity contribution in [3.05, 3.63) is 57.3 Å². The third-order valence-corrected chi connectivity index (χ3v) is 4.79. The quantitative estimate of drug-likeness (QED) is 0.529. The number of pyridine rings is 1. The van der Waals surface area contributed by atoms with Crippen molar-refractivity contribution in [2.45, 2.75) is 12.8 Å². The van der Waals surface area contributed by atoms with Gasteiger partial charge < -0.3 is 14.2 Å². The van der Waals surface area contributed by atoms with Gasteiger partial charge in [0.15, 0.2) is 5.43 Å². The number of halogens is 1. The zero-order valence-electron chi connectivity index (χ0n) is 13.0. The van der Waals surface area contributed by atoms with Crippen LogP contribution in [-0.2, 0) is 0 Å². The first-order valence-electron chi connectivity index (χ1n) is 7.92. The van der Waals surface area contributed by atoms with E-state index in [4.69, 9.17) is 9.84 Å². The number of aliphatic hydroxyl groups is 1. The van der Waals surface area contributed by atoms with Crippen LogP contribution in [-0.4, -0.2) is 22.7 Å². The van der Waals surface area contributed by atoms with Gasteiger partial charge in [0.05, 0.1) is 23.0 Å². The highest BCUT2D eigenvalue weighted by Crippen LogP contribution is 2.35. The minimum atomic E-state index is -0.00446. The smallest absolute Gasteiger partial charge is 0.189 e. The lowest BCUT2D eigenvalue weighted by Crippen LogP contribution is -2.03. The number of ether oxygens (including phenoxy) is 1. The Morgan fingerprint density at radius 1 is 1.04 bits per heavy atom. The predicted molar refractivity (Wildman–Crippen MR) is 99.4 cm³/mol. The number of hydrogen-bond donors (Lipinski definition) is 1. The van der Waals surface area contributed by atoms with Crippen LogP contribution in [0.1, 0.15) is 12.8 Å². The molecule has 5 heteroatoms. The largest absolute Gasteiger partial charge is 0.494 e. The van der Waals surface area contributed by atoms with Crippen molar-refractivity contribution < 1.29 is 9.84 Å². The Bertz CT molecular complexity index is 1090. The Labute approximate surface area is 146 Å². The molecule has 0 aliphatic heterocycles. The van der Waals surface area contributed by atoms with Crippen molar-refractivity contribution in [3.63, 3.8) is 0 Å². The van der Waals surface area contributed by atoms with Gasteiger partial charge in [-0.1, -0.05) is 15.9 Å². The van der Waals surface area contributed by atoms with Crippen LogP contribution in [0.5, 0.6) is 5.75 Å². The molecule has 122 valence electrons. The Morgan fingerprint density at radius 2 is 1.88 bits per heavy atom. The second-order valence-electron chi connectivity index (χ2n) is 5.86. The van der Waals surface area contributed by atoms with E-state index in [2.05, 4.69) is 26.4 Å². The predicted octanol–water partition coefficient (Wildman–Crippen LogP) is 3.96. The molecule has 0 saturated carbocycles. The summed E-state index contributed by atoms with van der Waals surface area (Å²) < 4.78 is 8.87. The van der Waals surface area contributed by atoms with Crippen molar-refractivity contribution in [2.75, 3.05) is 13.2 Å². The van der Waals surface area contributed by atoms with Gasteiger partial charge >= 0.3 is 0 Å². The van der Waals surface area contributed by atoms with Crippen molar-refractivity contribution >= 4 is 43.1 Å². The molecule has 24 heavy (non-hydrogen) atoms. The number of hydrogen-bond acceptors (Lipinski definition) is 3. The number of benzene rings is 2. The van der Waals surface area contributed by atoms with Crippen molar-refractivity contribution in [1.82, 2.24) is 4.40 Å². The molecule has 0 aliphatic rings. The van der Waals surface area contributed by atoms with Crippen LogP contribution >= 0.6 is 15.9 Å². The van der Waals surface area contributed by atoms with E-state index in [-0.39, 0.29) is 12.0 Å². The first-order valence-corrected chi connectivity index (χ1v) is 8.72. The molecular formula is C19H16BrNO3. The van der Waals surface area contributed by atoms with E-state index in [0.29, 0.717) is 24.2 Å². The monoisotopic (exact) mass is 385 g/mol. The maximum atomic E-state index is 12.3. The van der Waals surface area contributed by atoms with Crippen molar-refractivity contribution in [3.8, 4) is 5.75 Å². The standard InChI is InChI=1S/C19H16BrNO3/c20-12-3-4-17-14(9-12)15-10-13(24-8-2-1-7-22)11-16-18(23)5-6-21(17)19(15)16/h3-6,9-11,22H,1-2,7-8H2. The van der Waals surface area contributed by atoms with Gasteiger partial charge in [-0.3, -0.25) is 4.79 Å². The lowest BCUT2D eigenvalue weighted by Gasteiger charge is -2.07. The fourth-order valence-electron chi connectivity index (χ4n) is 3.19. The zero-order valence-corrected chi connectivity index (χ0v) is 14.5. The summed E-state index contributed by atoms with van der Waals surface area (Å²) in [7, 11) is 0. The molecule has 2 heterocycles. The summed E-state index contributed by atoms with van der Waals surface area (Å²) in [6.07, 6.45) is 3.32. The van der Waals surface area contributed by atoms with Gasteiger partial charge in [0.25, 0.3) is 0 Å². The molecule has 2 aromatic heterocycles. The van der Waals surface area contributed by atoms with Gasteiger partial charge in [-0.25, -0.2) is 0 Å². The average Bonchev–Trinajstić information content (AvgIpc) is 2.89. The van der Waals surface area contributed by atoms with E-state index < -0.39 is 0 Å². The second-order valence-corrected chi connectivity index (χ2v) is 6.77. The Kier molecular flexibility index (Phi) is 3.90. The maximum Gasteiger partial charge on any atom is 0.189 e. The number of aliphatic hydroxyl groups excluding tert-OH is 1. The molecule has 1 N–H and O–H groups in total. The van der Waals surface area contributed by atoms with Gasteiger partial charge in [0.1, 0.15) is 5.75 Å². The number of rotatable bonds is 5. The van der Waals surface area contributed by atoms with Crippen LogP contribution in [0.15, 0.2) is 51.9 Å². The third-order valence-electron chi connectivity index (χ3n) is 4.29. The molecule has 0 amide bonds. The summed E-state index contributed by atoms with van der Waals surface area (Å²) in [5.74, 6) is 0.693. The van der Waals surface area contributed by atoms with Crippen LogP contribution in [0.25, 0.3) is 27.2 Å². The molecule has 0 bridgehead atoms. The minimum Gasteiger partial charge on any atom is -0.494 e. The minimum absolute atomic E-state index is 0.00446. The summed E-state index contributed by atoms with van der Waals surface area (Å²) in [6.45, 7) is 0.691. The Hall–Kier alpha value is -2.11. The molecule has 0 saturated heterocycles. The van der Waals surface area contributed by atoms with E-state index in [1.807, 2.05) is 30.5 Å². The molecule has 0 unspecified atom stereocenters. The molecule has 0 aliphatic carbocycles. The number of fused-ring (bicyclic) bond motifs is 3. The molecule has 4 aromatic rings. The SMILES string of the molecule is O=c1ccn2c3ccc(Br)cc3c3cc(OCCCCO)cc1c32. The van der Waals surface area contributed by atoms with Gasteiger partial charge in [-0.2, -0.15) is 0 Å². The fraction of sp³-hybridized carbons (Fsp3) is 0.211. The van der Waals surface area contributed by atoms with Gasteiger partial charge in [-0.05, 0) is 43.2 Å². The average molecular weight is 386 g/mol. The summed E-state index contributed by atoms with van der Waals surface area (Å²) in [4.78, 5) is 12.3. The van der Waals surface area contributed by atoms with Crippen LogP contribution in [0.2, 0.25) is 0 Å². The lowest BCUT2D eigenvalue weighted by atomic mass is 10.1. The van der Waals surface area contributed by atoms with Gasteiger partial charge in [0.2, 0.25) is 0 Å². The number of nitrogens with zero attached hydrogens (tertiary/aromatic N) is 1. The van der Waals surface area contributed by atoms with Crippen molar-refractivity contribution in [2.24, 2.45) is 0 Å². The van der Waals surface area contributed by atoms with E-state index in [0.717, 1.165) is 32.7 Å². The van der Waals surface area contributed by atoms with E-state index >= 15 is 0 Å². The zero-order chi connectivity index (χ0) is 16.7. The van der Waals surface area contributed by atoms with E-state index in [1.165, 1.54) is 0 Å². The molecule has 0 radical (unpaired) electrons. The molecule has 2 aromatic carbocycles. The van der Waals surface area contributed by atoms with Crippen LogP contribution < -0.4 is 10.2 Å². The second kappa shape index (κ2) is 6.07. The first-order chi connectivity index (χ1) is 11.7. The van der Waals surface area contributed by atoms with E-state index in [9.17, 15) is 4.79 Å². The molecule has 4 rings (SSSR count). The highest BCUT2D eigenvalue weighted by molar-refractivity contribution is 9.10. The fourth-order valence-corrected chi connectivity index (χ4v) is 3.55. The Morgan fingerprint density at radius 3 is 2.71 bits per heavy atom. The molecule has 0 spiro atoms. The third kappa shape index (κ3) is 2.44. The van der Waals surface area contributed by atoms with E-state index in [1.54, 1.807) is 6.07 Å². The summed E-state index contributed by atoms with van der Waals surface area (Å²) in [5.41, 5.74) is 1.99. The van der Waals surface area contributed by atoms with Crippen LogP contribution in [0, 0.1) is 0 Å². The maximum absolute atomic E-state index is 12.3. The summed E-state index contributed by atoms with van der Waals surface area (Å²) in [5, 5.41) is 11.6. The van der Waals surface area contributed by atoms with Crippen LogP contribution in [0.4, 0.5) is 0 Å². The topological polar surface area (TPSA) is 50.9 Å². The Balaban J connectivity index is 1.95. The summed E-state index contributed by atoms with van der Waals surface area (Å²) in [6, 6.07) is 11.5. The lowest BCUT2D eigenvalue weighted by molar-refractivity contribution is 0.253. The molecule has 0 fully saturated rings. The van der Waals surface area contributed by atoms with Crippen LogP contribution in [0.3, 0.4) is 0 Å². The molecular weight excluding hydrogens is 370 g/mol. The van der Waals surface area contributed by atoms with Crippen molar-refractivity contribution in [1.29, 1.82) is 0 Å². The highest BCUT2D eigenvalue weighted by Gasteiger charge is 2.14. The molecule has 0 atom stereocenters. The number of aromatic nitrogens is 1. The molecule has 4 nitrogen and oxygen atoms in total. The van der Waals surface area contributed by atoms with Gasteiger partial charge in [0, 0.05) is 34.1 Å². The summed E-state index contributed by atoms with van der Waals surface area (Å²) >= 11 is 3.52. The highest BCUT2D eigenvalue weighted by atomic mass is 79.9. The first kappa shape index (κ1) is 15.4. The normalized spacial score (nSPS) is 11.8. The van der Waals surface area contributed by atoms with Gasteiger partial charge in [-0.15, -0.1) is 0 Å².